The third kappa shape index (κ3) is 4.91. The van der Waals surface area contributed by atoms with E-state index in [0.29, 0.717) is 23.2 Å². The van der Waals surface area contributed by atoms with Gasteiger partial charge in [-0.15, -0.1) is 0 Å². The normalized spacial score (nSPS) is 13.1. The summed E-state index contributed by atoms with van der Waals surface area (Å²) in [6.45, 7) is 4.67. The molecule has 0 aliphatic heterocycles. The molecule has 0 saturated carbocycles. The summed E-state index contributed by atoms with van der Waals surface area (Å²) >= 11 is 0. The molecule has 0 bridgehead atoms. The van der Waals surface area contributed by atoms with Crippen molar-refractivity contribution >= 4 is 43.6 Å². The maximum absolute atomic E-state index is 5.31. The molecular weight excluding hydrogens is 723 g/mol. The molecule has 0 atom stereocenters. The van der Waals surface area contributed by atoms with E-state index in [1.165, 1.54) is 33.0 Å². The van der Waals surface area contributed by atoms with Gasteiger partial charge in [-0.2, -0.15) is 0 Å². The first-order chi connectivity index (χ1) is 29.0. The second-order valence-electron chi connectivity index (χ2n) is 15.7. The van der Waals surface area contributed by atoms with Crippen molar-refractivity contribution in [2.75, 3.05) is 0 Å². The molecule has 0 unspecified atom stereocenters. The molecule has 12 rings (SSSR count). The lowest BCUT2D eigenvalue weighted by Gasteiger charge is -2.21. The van der Waals surface area contributed by atoms with E-state index in [9.17, 15) is 0 Å². The Bertz CT molecular complexity index is 3400. The second-order valence-corrected chi connectivity index (χ2v) is 15.7. The molecule has 0 saturated heterocycles. The van der Waals surface area contributed by atoms with Gasteiger partial charge in [-0.05, 0) is 64.7 Å². The molecule has 5 aromatic heterocycles. The maximum atomic E-state index is 5.31. The standard InChI is InChI=1S/C52H35N7/c1-52(2)39-24-14-12-22-35(39)37-30-38-36-23-13-15-25-41(36)59(44(38)31-40(37)52)51-46-43(27-29-54-51)58(34-20-10-5-11-21-34)42-26-28-53-47(45(42)46)50-56-48(32-16-6-3-7-17-32)55-49(57-50)33-18-8-4-9-19-33/h3-31H,1-2H3. The van der Waals surface area contributed by atoms with Crippen LogP contribution in [-0.4, -0.2) is 34.1 Å². The van der Waals surface area contributed by atoms with E-state index >= 15 is 0 Å². The van der Waals surface area contributed by atoms with Gasteiger partial charge in [-0.1, -0.05) is 135 Å². The summed E-state index contributed by atoms with van der Waals surface area (Å²) in [5.74, 6) is 2.47. The van der Waals surface area contributed by atoms with Crippen molar-refractivity contribution in [2.45, 2.75) is 19.3 Å². The number of fused-ring (bicyclic) bond motifs is 9. The first-order valence-electron chi connectivity index (χ1n) is 19.9. The fraction of sp³-hybridized carbons (Fsp3) is 0.0577. The number of nitrogens with zero attached hydrogens (tertiary/aromatic N) is 7. The van der Waals surface area contributed by atoms with Gasteiger partial charge in [0.15, 0.2) is 17.5 Å². The molecule has 0 fully saturated rings. The summed E-state index contributed by atoms with van der Waals surface area (Å²) in [5.41, 5.74) is 12.7. The smallest absolute Gasteiger partial charge is 0.183 e. The molecule has 6 aromatic carbocycles. The van der Waals surface area contributed by atoms with Crippen molar-refractivity contribution in [1.29, 1.82) is 0 Å². The van der Waals surface area contributed by atoms with E-state index in [2.05, 4.69) is 126 Å². The van der Waals surface area contributed by atoms with Gasteiger partial charge >= 0.3 is 0 Å². The summed E-state index contributed by atoms with van der Waals surface area (Å²) in [6.07, 6.45) is 3.79. The zero-order valence-corrected chi connectivity index (χ0v) is 32.4. The van der Waals surface area contributed by atoms with Crippen LogP contribution in [0.4, 0.5) is 0 Å². The van der Waals surface area contributed by atoms with Crippen molar-refractivity contribution in [1.82, 2.24) is 34.1 Å². The Morgan fingerprint density at radius 3 is 1.75 bits per heavy atom. The van der Waals surface area contributed by atoms with Crippen LogP contribution >= 0.6 is 0 Å². The third-order valence-electron chi connectivity index (χ3n) is 12.1. The van der Waals surface area contributed by atoms with E-state index in [1.807, 2.05) is 73.1 Å². The van der Waals surface area contributed by atoms with E-state index < -0.39 is 0 Å². The van der Waals surface area contributed by atoms with Gasteiger partial charge in [0.2, 0.25) is 0 Å². The Kier molecular flexibility index (Phi) is 7.14. The number of hydrogen-bond acceptors (Lipinski definition) is 5. The van der Waals surface area contributed by atoms with Crippen molar-refractivity contribution in [3.05, 3.63) is 187 Å². The number of rotatable bonds is 5. The largest absolute Gasteiger partial charge is 0.309 e. The molecule has 1 aliphatic rings. The molecule has 278 valence electrons. The summed E-state index contributed by atoms with van der Waals surface area (Å²) in [6, 6.07) is 57.2. The van der Waals surface area contributed by atoms with Gasteiger partial charge in [0.25, 0.3) is 0 Å². The van der Waals surface area contributed by atoms with Crippen LogP contribution in [0.25, 0.3) is 101 Å². The van der Waals surface area contributed by atoms with Crippen LogP contribution in [0.2, 0.25) is 0 Å². The van der Waals surface area contributed by atoms with E-state index in [1.54, 1.807) is 0 Å². The highest BCUT2D eigenvalue weighted by Crippen LogP contribution is 2.51. The first kappa shape index (κ1) is 33.4. The predicted octanol–water partition coefficient (Wildman–Crippen LogP) is 12.2. The van der Waals surface area contributed by atoms with E-state index in [0.717, 1.165) is 55.5 Å². The number of para-hydroxylation sites is 2. The van der Waals surface area contributed by atoms with Gasteiger partial charge in [-0.25, -0.2) is 19.9 Å². The van der Waals surface area contributed by atoms with Crippen LogP contribution in [0.15, 0.2) is 176 Å². The lowest BCUT2D eigenvalue weighted by atomic mass is 9.82. The van der Waals surface area contributed by atoms with E-state index in [4.69, 9.17) is 24.9 Å². The van der Waals surface area contributed by atoms with Crippen molar-refractivity contribution < 1.29 is 0 Å². The highest BCUT2D eigenvalue weighted by atomic mass is 15.1. The fourth-order valence-electron chi connectivity index (χ4n) is 9.38. The van der Waals surface area contributed by atoms with Crippen LogP contribution in [0.5, 0.6) is 0 Å². The third-order valence-corrected chi connectivity index (χ3v) is 12.1. The van der Waals surface area contributed by atoms with Gasteiger partial charge in [0, 0.05) is 50.8 Å². The van der Waals surface area contributed by atoms with Gasteiger partial charge in [-0.3, -0.25) is 9.55 Å². The molecule has 5 heterocycles. The summed E-state index contributed by atoms with van der Waals surface area (Å²) in [7, 11) is 0. The number of benzene rings is 6. The molecule has 0 N–H and O–H groups in total. The highest BCUT2D eigenvalue weighted by Gasteiger charge is 2.36. The minimum atomic E-state index is -0.174. The molecule has 11 aromatic rings. The molecular formula is C52H35N7. The highest BCUT2D eigenvalue weighted by molar-refractivity contribution is 6.19. The Balaban J connectivity index is 1.21. The molecule has 0 spiro atoms. The van der Waals surface area contributed by atoms with Crippen LogP contribution < -0.4 is 0 Å². The Morgan fingerprint density at radius 2 is 1.02 bits per heavy atom. The topological polar surface area (TPSA) is 74.3 Å². The lowest BCUT2D eigenvalue weighted by molar-refractivity contribution is 0.661. The minimum Gasteiger partial charge on any atom is -0.309 e. The number of aromatic nitrogens is 7. The van der Waals surface area contributed by atoms with Crippen LogP contribution in [-0.2, 0) is 5.41 Å². The lowest BCUT2D eigenvalue weighted by Crippen LogP contribution is -2.15. The van der Waals surface area contributed by atoms with Crippen LogP contribution in [0.3, 0.4) is 0 Å². The van der Waals surface area contributed by atoms with Crippen molar-refractivity contribution in [3.8, 4) is 56.9 Å². The predicted molar refractivity (Wildman–Crippen MR) is 238 cm³/mol. The Morgan fingerprint density at radius 1 is 0.424 bits per heavy atom. The van der Waals surface area contributed by atoms with Crippen molar-refractivity contribution in [3.63, 3.8) is 0 Å². The Hall–Kier alpha value is -7.77. The maximum Gasteiger partial charge on any atom is 0.183 e. The monoisotopic (exact) mass is 757 g/mol. The molecule has 0 amide bonds. The second kappa shape index (κ2) is 12.6. The van der Waals surface area contributed by atoms with Gasteiger partial charge in [0.05, 0.1) is 27.5 Å². The van der Waals surface area contributed by atoms with Crippen LogP contribution in [0, 0.1) is 0 Å². The number of hydrogen-bond donors (Lipinski definition) is 0. The molecule has 59 heavy (non-hydrogen) atoms. The summed E-state index contributed by atoms with van der Waals surface area (Å²) < 4.78 is 4.67. The zero-order chi connectivity index (χ0) is 39.2. The fourth-order valence-corrected chi connectivity index (χ4v) is 9.38. The average Bonchev–Trinajstić information content (AvgIpc) is 3.89. The molecule has 7 heteroatoms. The van der Waals surface area contributed by atoms with E-state index in [-0.39, 0.29) is 5.41 Å². The minimum absolute atomic E-state index is 0.174. The first-order valence-corrected chi connectivity index (χ1v) is 19.9. The Labute approximate surface area is 340 Å². The molecule has 7 nitrogen and oxygen atoms in total. The SMILES string of the molecule is CC1(C)c2ccccc2-c2cc3c4ccccc4n(-c4nccc5c4c4c(-c6nc(-c7ccccc7)nc(-c7ccccc7)n6)nccc4n5-c4ccccc4)c3cc21. The van der Waals surface area contributed by atoms with Gasteiger partial charge < -0.3 is 4.57 Å². The quantitative estimate of drug-likeness (QED) is 0.175. The van der Waals surface area contributed by atoms with Crippen LogP contribution in [0.1, 0.15) is 25.0 Å². The zero-order valence-electron chi connectivity index (χ0n) is 32.4. The summed E-state index contributed by atoms with van der Waals surface area (Å²) in [4.78, 5) is 25.8. The molecule has 0 radical (unpaired) electrons. The number of pyridine rings is 2. The molecule has 1 aliphatic carbocycles. The van der Waals surface area contributed by atoms with Crippen molar-refractivity contribution in [2.24, 2.45) is 0 Å². The summed E-state index contributed by atoms with van der Waals surface area (Å²) in [5, 5.41) is 4.24. The average molecular weight is 758 g/mol. The van der Waals surface area contributed by atoms with Gasteiger partial charge in [0.1, 0.15) is 11.5 Å².